The number of fused-ring (bicyclic) bond motifs is 3. The van der Waals surface area contributed by atoms with Crippen LogP contribution in [0.5, 0.6) is 0 Å². The number of hydrogen-bond donors (Lipinski definition) is 2. The number of nitrogens with zero attached hydrogens (tertiary/aromatic N) is 1. The van der Waals surface area contributed by atoms with E-state index < -0.39 is 30.4 Å². The van der Waals surface area contributed by atoms with Gasteiger partial charge in [0, 0.05) is 19.0 Å². The van der Waals surface area contributed by atoms with Gasteiger partial charge in [-0.25, -0.2) is 4.79 Å². The van der Waals surface area contributed by atoms with Gasteiger partial charge in [-0.15, -0.1) is 0 Å². The SMILES string of the molecule is CC1CCCC1N(C)C(=O)C(CC(=O)O)NC(=O)OCC1c2ccccc2-c2ccccc21. The molecule has 2 aromatic carbocycles. The quantitative estimate of drug-likeness (QED) is 0.664. The fourth-order valence-electron chi connectivity index (χ4n) is 5.27. The van der Waals surface area contributed by atoms with Crippen LogP contribution in [-0.2, 0) is 14.3 Å². The van der Waals surface area contributed by atoms with Crippen LogP contribution in [0, 0.1) is 5.92 Å². The van der Waals surface area contributed by atoms with E-state index in [9.17, 15) is 19.5 Å². The molecule has 7 nitrogen and oxygen atoms in total. The summed E-state index contributed by atoms with van der Waals surface area (Å²) in [5.74, 6) is -1.32. The Hall–Kier alpha value is -3.35. The normalized spacial score (nSPS) is 19.9. The van der Waals surface area contributed by atoms with Crippen molar-refractivity contribution in [1.82, 2.24) is 10.2 Å². The number of aliphatic carboxylic acids is 1. The van der Waals surface area contributed by atoms with Gasteiger partial charge in [0.1, 0.15) is 12.6 Å². The number of hydrogen-bond acceptors (Lipinski definition) is 4. The van der Waals surface area contributed by atoms with E-state index in [1.807, 2.05) is 36.4 Å². The Bertz CT molecular complexity index is 1010. The van der Waals surface area contributed by atoms with Crippen LogP contribution in [0.2, 0.25) is 0 Å². The monoisotopic (exact) mass is 450 g/mol. The highest BCUT2D eigenvalue weighted by Gasteiger charge is 2.35. The standard InChI is InChI=1S/C26H30N2O5/c1-16-8-7-13-23(16)28(2)25(31)22(14-24(29)30)27-26(32)33-15-21-19-11-5-3-9-17(19)18-10-4-6-12-20(18)21/h3-6,9-12,16,21-23H,7-8,13-15H2,1-2H3,(H,27,32)(H,29,30). The van der Waals surface area contributed by atoms with Crippen LogP contribution in [0.3, 0.4) is 0 Å². The van der Waals surface area contributed by atoms with E-state index in [0.29, 0.717) is 5.92 Å². The third kappa shape index (κ3) is 4.72. The molecule has 0 saturated heterocycles. The molecule has 2 N–H and O–H groups in total. The van der Waals surface area contributed by atoms with Crippen molar-refractivity contribution in [2.24, 2.45) is 5.92 Å². The number of carbonyl (C=O) groups is 3. The summed E-state index contributed by atoms with van der Waals surface area (Å²) in [4.78, 5) is 38.6. The summed E-state index contributed by atoms with van der Waals surface area (Å²) in [6, 6.07) is 14.9. The molecule has 174 valence electrons. The lowest BCUT2D eigenvalue weighted by Gasteiger charge is -2.31. The first kappa shape index (κ1) is 22.8. The fourth-order valence-corrected chi connectivity index (χ4v) is 5.27. The Morgan fingerprint density at radius 1 is 1.06 bits per heavy atom. The first-order chi connectivity index (χ1) is 15.9. The molecule has 2 aliphatic carbocycles. The number of rotatable bonds is 7. The van der Waals surface area contributed by atoms with Crippen LogP contribution < -0.4 is 5.32 Å². The molecule has 4 rings (SSSR count). The third-order valence-corrected chi connectivity index (χ3v) is 6.97. The zero-order valence-electron chi connectivity index (χ0n) is 19.0. The van der Waals surface area contributed by atoms with Gasteiger partial charge >= 0.3 is 12.1 Å². The summed E-state index contributed by atoms with van der Waals surface area (Å²) >= 11 is 0. The van der Waals surface area contributed by atoms with Crippen molar-refractivity contribution in [3.63, 3.8) is 0 Å². The van der Waals surface area contributed by atoms with E-state index >= 15 is 0 Å². The van der Waals surface area contributed by atoms with Crippen molar-refractivity contribution in [3.8, 4) is 11.1 Å². The summed E-state index contributed by atoms with van der Waals surface area (Å²) < 4.78 is 5.51. The van der Waals surface area contributed by atoms with E-state index in [1.54, 1.807) is 11.9 Å². The maximum atomic E-state index is 13.0. The topological polar surface area (TPSA) is 95.9 Å². The van der Waals surface area contributed by atoms with Gasteiger partial charge in [-0.2, -0.15) is 0 Å². The number of nitrogens with one attached hydrogen (secondary N) is 1. The van der Waals surface area contributed by atoms with Gasteiger partial charge in [-0.05, 0) is 41.0 Å². The predicted octanol–water partition coefficient (Wildman–Crippen LogP) is 4.02. The maximum Gasteiger partial charge on any atom is 0.407 e. The molecule has 7 heteroatoms. The number of carbonyl (C=O) groups excluding carboxylic acids is 2. The number of carboxylic acid groups (broad SMARTS) is 1. The van der Waals surface area contributed by atoms with Gasteiger partial charge in [-0.3, -0.25) is 9.59 Å². The molecule has 0 spiro atoms. The predicted molar refractivity (Wildman–Crippen MR) is 124 cm³/mol. The zero-order chi connectivity index (χ0) is 23.5. The summed E-state index contributed by atoms with van der Waals surface area (Å²) in [5, 5.41) is 11.8. The highest BCUT2D eigenvalue weighted by atomic mass is 16.5. The average Bonchev–Trinajstić information content (AvgIpc) is 3.37. The second-order valence-corrected chi connectivity index (χ2v) is 9.05. The lowest BCUT2D eigenvalue weighted by Crippen LogP contribution is -2.51. The van der Waals surface area contributed by atoms with Crippen LogP contribution in [0.4, 0.5) is 4.79 Å². The van der Waals surface area contributed by atoms with Gasteiger partial charge in [0.05, 0.1) is 6.42 Å². The minimum atomic E-state index is -1.17. The molecule has 0 radical (unpaired) electrons. The molecular weight excluding hydrogens is 420 g/mol. The molecule has 3 unspecified atom stereocenters. The Morgan fingerprint density at radius 3 is 2.21 bits per heavy atom. The molecular formula is C26H30N2O5. The van der Waals surface area contributed by atoms with Crippen molar-refractivity contribution < 1.29 is 24.2 Å². The van der Waals surface area contributed by atoms with Crippen LogP contribution in [0.25, 0.3) is 11.1 Å². The molecule has 0 aliphatic heterocycles. The number of amides is 2. The van der Waals surface area contributed by atoms with E-state index in [0.717, 1.165) is 41.5 Å². The second-order valence-electron chi connectivity index (χ2n) is 9.05. The van der Waals surface area contributed by atoms with E-state index in [-0.39, 0.29) is 18.6 Å². The van der Waals surface area contributed by atoms with Crippen LogP contribution >= 0.6 is 0 Å². The highest BCUT2D eigenvalue weighted by molar-refractivity contribution is 5.89. The van der Waals surface area contributed by atoms with Crippen LogP contribution in [0.15, 0.2) is 48.5 Å². The minimum Gasteiger partial charge on any atom is -0.481 e. The molecule has 2 aliphatic rings. The number of carboxylic acids is 1. The smallest absolute Gasteiger partial charge is 0.407 e. The zero-order valence-corrected chi connectivity index (χ0v) is 19.0. The van der Waals surface area contributed by atoms with Gasteiger partial charge in [-0.1, -0.05) is 61.9 Å². The number of alkyl carbamates (subject to hydrolysis) is 1. The second kappa shape index (κ2) is 9.65. The van der Waals surface area contributed by atoms with Crippen molar-refractivity contribution in [3.05, 3.63) is 59.7 Å². The molecule has 2 amide bonds. The van der Waals surface area contributed by atoms with E-state index in [1.165, 1.54) is 0 Å². The third-order valence-electron chi connectivity index (χ3n) is 6.97. The summed E-state index contributed by atoms with van der Waals surface area (Å²) in [5.41, 5.74) is 4.40. The van der Waals surface area contributed by atoms with Crippen molar-refractivity contribution in [2.75, 3.05) is 13.7 Å². The van der Waals surface area contributed by atoms with Crippen molar-refractivity contribution in [2.45, 2.75) is 50.6 Å². The Morgan fingerprint density at radius 2 is 1.67 bits per heavy atom. The molecule has 33 heavy (non-hydrogen) atoms. The van der Waals surface area contributed by atoms with Gasteiger partial charge < -0.3 is 20.1 Å². The Labute approximate surface area is 193 Å². The Kier molecular flexibility index (Phi) is 6.67. The van der Waals surface area contributed by atoms with E-state index in [4.69, 9.17) is 4.74 Å². The van der Waals surface area contributed by atoms with Crippen molar-refractivity contribution >= 4 is 18.0 Å². The Balaban J connectivity index is 1.43. The number of benzene rings is 2. The summed E-state index contributed by atoms with van der Waals surface area (Å²) in [6.45, 7) is 2.19. The minimum absolute atomic E-state index is 0.0538. The van der Waals surface area contributed by atoms with Crippen LogP contribution in [-0.4, -0.2) is 53.7 Å². The molecule has 2 aromatic rings. The molecule has 3 atom stereocenters. The largest absolute Gasteiger partial charge is 0.481 e. The average molecular weight is 451 g/mol. The highest BCUT2D eigenvalue weighted by Crippen LogP contribution is 2.44. The first-order valence-corrected chi connectivity index (χ1v) is 11.5. The van der Waals surface area contributed by atoms with Gasteiger partial charge in [0.15, 0.2) is 0 Å². The number of ether oxygens (including phenoxy) is 1. The van der Waals surface area contributed by atoms with Gasteiger partial charge in [0.25, 0.3) is 0 Å². The fraction of sp³-hybridized carbons (Fsp3) is 0.423. The van der Waals surface area contributed by atoms with Crippen molar-refractivity contribution in [1.29, 1.82) is 0 Å². The van der Waals surface area contributed by atoms with E-state index in [2.05, 4.69) is 24.4 Å². The molecule has 1 fully saturated rings. The lowest BCUT2D eigenvalue weighted by molar-refractivity contribution is -0.143. The molecule has 0 bridgehead atoms. The van der Waals surface area contributed by atoms with Gasteiger partial charge in [0.2, 0.25) is 5.91 Å². The maximum absolute atomic E-state index is 13.0. The van der Waals surface area contributed by atoms with Crippen LogP contribution in [0.1, 0.15) is 49.7 Å². The number of likely N-dealkylation sites (N-methyl/N-ethyl adjacent to an activating group) is 1. The summed E-state index contributed by atoms with van der Waals surface area (Å²) in [6.07, 6.45) is 1.67. The first-order valence-electron chi connectivity index (χ1n) is 11.5. The molecule has 1 saturated carbocycles. The molecule has 0 aromatic heterocycles. The summed E-state index contributed by atoms with van der Waals surface area (Å²) in [7, 11) is 1.68. The molecule has 0 heterocycles. The lowest BCUT2D eigenvalue weighted by atomic mass is 9.98.